The van der Waals surface area contributed by atoms with Crippen LogP contribution in [0.1, 0.15) is 0 Å². The van der Waals surface area contributed by atoms with E-state index in [4.69, 9.17) is 5.73 Å². The van der Waals surface area contributed by atoms with Crippen LogP contribution in [0.3, 0.4) is 0 Å². The molecule has 1 rings (SSSR count). The lowest BCUT2D eigenvalue weighted by molar-refractivity contribution is -0.118. The van der Waals surface area contributed by atoms with Crippen molar-refractivity contribution in [2.45, 2.75) is 0 Å². The fourth-order valence-corrected chi connectivity index (χ4v) is 0.516. The SMILES string of the molecule is NC1=CC=CNN1C=O. The summed E-state index contributed by atoms with van der Waals surface area (Å²) < 4.78 is 0. The Morgan fingerprint density at radius 2 is 2.56 bits per heavy atom. The van der Waals surface area contributed by atoms with Crippen molar-refractivity contribution < 1.29 is 4.79 Å². The van der Waals surface area contributed by atoms with Gasteiger partial charge in [-0.25, -0.2) is 5.01 Å². The Kier molecular flexibility index (Phi) is 1.40. The van der Waals surface area contributed by atoms with E-state index in [0.717, 1.165) is 0 Å². The monoisotopic (exact) mass is 125 g/mol. The molecule has 9 heavy (non-hydrogen) atoms. The number of amides is 1. The lowest BCUT2D eigenvalue weighted by Gasteiger charge is -2.18. The molecular formula is C5H7N3O. The van der Waals surface area contributed by atoms with Crippen molar-refractivity contribution in [3.8, 4) is 0 Å². The quantitative estimate of drug-likeness (QED) is 0.454. The second kappa shape index (κ2) is 2.21. The number of nitrogens with zero attached hydrogens (tertiary/aromatic N) is 1. The van der Waals surface area contributed by atoms with Crippen molar-refractivity contribution in [2.24, 2.45) is 5.73 Å². The minimum Gasteiger partial charge on any atom is -0.384 e. The average molecular weight is 125 g/mol. The Labute approximate surface area is 52.6 Å². The first-order valence-electron chi connectivity index (χ1n) is 2.47. The zero-order chi connectivity index (χ0) is 6.69. The summed E-state index contributed by atoms with van der Waals surface area (Å²) in [5, 5.41) is 1.18. The van der Waals surface area contributed by atoms with Gasteiger partial charge in [0.2, 0.25) is 6.41 Å². The van der Waals surface area contributed by atoms with Gasteiger partial charge in [-0.3, -0.25) is 10.2 Å². The number of hydrogen-bond acceptors (Lipinski definition) is 3. The molecule has 0 aromatic rings. The molecule has 1 aliphatic rings. The van der Waals surface area contributed by atoms with E-state index in [1.165, 1.54) is 5.01 Å². The molecule has 1 aliphatic heterocycles. The van der Waals surface area contributed by atoms with Gasteiger partial charge in [-0.1, -0.05) is 0 Å². The summed E-state index contributed by atoms with van der Waals surface area (Å²) in [5.41, 5.74) is 7.94. The van der Waals surface area contributed by atoms with Crippen LogP contribution in [0.2, 0.25) is 0 Å². The molecule has 0 aliphatic carbocycles. The lowest BCUT2D eigenvalue weighted by Crippen LogP contribution is -2.37. The molecule has 3 N–H and O–H groups in total. The van der Waals surface area contributed by atoms with E-state index in [-0.39, 0.29) is 0 Å². The Bertz CT molecular complexity index is 173. The summed E-state index contributed by atoms with van der Waals surface area (Å²) in [6, 6.07) is 0. The topological polar surface area (TPSA) is 58.4 Å². The van der Waals surface area contributed by atoms with Crippen molar-refractivity contribution in [1.82, 2.24) is 10.4 Å². The van der Waals surface area contributed by atoms with Crippen LogP contribution in [0.5, 0.6) is 0 Å². The van der Waals surface area contributed by atoms with Crippen molar-refractivity contribution in [2.75, 3.05) is 0 Å². The van der Waals surface area contributed by atoms with Crippen molar-refractivity contribution in [1.29, 1.82) is 0 Å². The van der Waals surface area contributed by atoms with Gasteiger partial charge in [0, 0.05) is 6.20 Å². The van der Waals surface area contributed by atoms with Gasteiger partial charge in [-0.15, -0.1) is 0 Å². The number of carbonyl (C=O) groups excluding carboxylic acids is 1. The third kappa shape index (κ3) is 1.02. The largest absolute Gasteiger partial charge is 0.384 e. The number of carbonyl (C=O) groups is 1. The molecule has 1 amide bonds. The highest BCUT2D eigenvalue weighted by atomic mass is 16.1. The first kappa shape index (κ1) is 5.68. The predicted octanol–water partition coefficient (Wildman–Crippen LogP) is -0.723. The van der Waals surface area contributed by atoms with Crippen LogP contribution in [0.15, 0.2) is 24.2 Å². The summed E-state index contributed by atoms with van der Waals surface area (Å²) in [5.74, 6) is 0.396. The maximum atomic E-state index is 10.1. The van der Waals surface area contributed by atoms with E-state index in [2.05, 4.69) is 5.43 Å². The first-order valence-corrected chi connectivity index (χ1v) is 2.47. The molecule has 0 radical (unpaired) electrons. The van der Waals surface area contributed by atoms with Crippen LogP contribution in [-0.4, -0.2) is 11.4 Å². The summed E-state index contributed by atoms with van der Waals surface area (Å²) in [7, 11) is 0. The summed E-state index contributed by atoms with van der Waals surface area (Å²) in [4.78, 5) is 10.1. The molecule has 4 nitrogen and oxygen atoms in total. The lowest BCUT2D eigenvalue weighted by atomic mass is 10.5. The summed E-state index contributed by atoms with van der Waals surface area (Å²) in [6.07, 6.45) is 5.57. The predicted molar refractivity (Wildman–Crippen MR) is 32.4 cm³/mol. The minimum absolute atomic E-state index is 0.396. The molecule has 0 saturated carbocycles. The fourth-order valence-electron chi connectivity index (χ4n) is 0.516. The molecule has 48 valence electrons. The second-order valence-electron chi connectivity index (χ2n) is 1.56. The number of rotatable bonds is 1. The fraction of sp³-hybridized carbons (Fsp3) is 0. The number of nitrogens with two attached hydrogens (primary N) is 1. The van der Waals surface area contributed by atoms with Crippen molar-refractivity contribution in [3.05, 3.63) is 24.2 Å². The number of allylic oxidation sites excluding steroid dienone is 2. The first-order chi connectivity index (χ1) is 4.34. The van der Waals surface area contributed by atoms with E-state index >= 15 is 0 Å². The Hall–Kier alpha value is -1.45. The third-order valence-electron chi connectivity index (χ3n) is 0.960. The van der Waals surface area contributed by atoms with Crippen molar-refractivity contribution >= 4 is 6.41 Å². The Balaban J connectivity index is 2.69. The molecule has 0 unspecified atom stereocenters. The van der Waals surface area contributed by atoms with E-state index in [1.54, 1.807) is 18.4 Å². The van der Waals surface area contributed by atoms with Gasteiger partial charge in [0.15, 0.2) is 0 Å². The van der Waals surface area contributed by atoms with Gasteiger partial charge in [0.25, 0.3) is 0 Å². The average Bonchev–Trinajstić information content (AvgIpc) is 1.89. The Morgan fingerprint density at radius 3 is 3.00 bits per heavy atom. The highest BCUT2D eigenvalue weighted by Crippen LogP contribution is 1.94. The summed E-state index contributed by atoms with van der Waals surface area (Å²) >= 11 is 0. The third-order valence-corrected chi connectivity index (χ3v) is 0.960. The van der Waals surface area contributed by atoms with Crippen LogP contribution in [0.25, 0.3) is 0 Å². The van der Waals surface area contributed by atoms with E-state index in [0.29, 0.717) is 12.2 Å². The molecule has 0 spiro atoms. The van der Waals surface area contributed by atoms with Crippen LogP contribution in [-0.2, 0) is 4.79 Å². The highest BCUT2D eigenvalue weighted by Gasteiger charge is 2.01. The molecule has 0 aromatic heterocycles. The van der Waals surface area contributed by atoms with Gasteiger partial charge in [-0.2, -0.15) is 0 Å². The highest BCUT2D eigenvalue weighted by molar-refractivity contribution is 5.50. The molecule has 0 saturated heterocycles. The van der Waals surface area contributed by atoms with E-state index in [1.807, 2.05) is 0 Å². The van der Waals surface area contributed by atoms with Crippen molar-refractivity contribution in [3.63, 3.8) is 0 Å². The molecule has 0 bridgehead atoms. The van der Waals surface area contributed by atoms with Crippen LogP contribution < -0.4 is 11.2 Å². The molecule has 0 aromatic carbocycles. The maximum Gasteiger partial charge on any atom is 0.234 e. The smallest absolute Gasteiger partial charge is 0.234 e. The minimum atomic E-state index is 0.396. The standard InChI is InChI=1S/C5H7N3O/c6-5-2-1-3-7-8(5)4-9/h1-4,7H,6H2. The number of nitrogens with one attached hydrogen (secondary N) is 1. The Morgan fingerprint density at radius 1 is 1.78 bits per heavy atom. The van der Waals surface area contributed by atoms with Gasteiger partial charge < -0.3 is 5.73 Å². The molecule has 1 heterocycles. The van der Waals surface area contributed by atoms with E-state index < -0.39 is 0 Å². The number of hydrogen-bond donors (Lipinski definition) is 2. The maximum absolute atomic E-state index is 10.1. The second-order valence-corrected chi connectivity index (χ2v) is 1.56. The van der Waals surface area contributed by atoms with Crippen LogP contribution >= 0.6 is 0 Å². The van der Waals surface area contributed by atoms with Gasteiger partial charge in [0.1, 0.15) is 5.82 Å². The summed E-state index contributed by atoms with van der Waals surface area (Å²) in [6.45, 7) is 0. The molecular weight excluding hydrogens is 118 g/mol. The van der Waals surface area contributed by atoms with Crippen LogP contribution in [0.4, 0.5) is 0 Å². The molecule has 0 fully saturated rings. The van der Waals surface area contributed by atoms with Gasteiger partial charge >= 0.3 is 0 Å². The zero-order valence-corrected chi connectivity index (χ0v) is 4.74. The van der Waals surface area contributed by atoms with Gasteiger partial charge in [-0.05, 0) is 12.2 Å². The normalized spacial score (nSPS) is 16.4. The van der Waals surface area contributed by atoms with Gasteiger partial charge in [0.05, 0.1) is 0 Å². The van der Waals surface area contributed by atoms with E-state index in [9.17, 15) is 4.79 Å². The van der Waals surface area contributed by atoms with Crippen LogP contribution in [0, 0.1) is 0 Å². The zero-order valence-electron chi connectivity index (χ0n) is 4.74. The number of hydrazine groups is 1. The molecule has 4 heteroatoms. The molecule has 0 atom stereocenters.